The maximum absolute atomic E-state index is 5.62. The Morgan fingerprint density at radius 2 is 1.87 bits per heavy atom. The van der Waals surface area contributed by atoms with Gasteiger partial charge >= 0.3 is 0 Å². The van der Waals surface area contributed by atoms with Gasteiger partial charge in [-0.1, -0.05) is 12.1 Å². The highest BCUT2D eigenvalue weighted by Crippen LogP contribution is 2.33. The first-order valence-corrected chi connectivity index (χ1v) is 9.76. The minimum Gasteiger partial charge on any atom is -0.356 e. The Kier molecular flexibility index (Phi) is 5.69. The maximum Gasteiger partial charge on any atom is 0.223 e. The zero-order valence-electron chi connectivity index (χ0n) is 17.1. The van der Waals surface area contributed by atoms with E-state index in [-0.39, 0.29) is 0 Å². The van der Waals surface area contributed by atoms with Crippen LogP contribution in [-0.2, 0) is 12.8 Å². The van der Waals surface area contributed by atoms with Gasteiger partial charge in [-0.05, 0) is 20.3 Å². The molecule has 4 heterocycles. The first-order valence-electron chi connectivity index (χ1n) is 9.76. The van der Waals surface area contributed by atoms with E-state index in [0.29, 0.717) is 36.1 Å². The van der Waals surface area contributed by atoms with Gasteiger partial charge in [0.15, 0.2) is 5.76 Å². The minimum absolute atomic E-state index is 0.495. The highest BCUT2D eigenvalue weighted by molar-refractivity contribution is 5.78. The molecule has 0 aliphatic carbocycles. The third-order valence-corrected chi connectivity index (χ3v) is 4.68. The van der Waals surface area contributed by atoms with Gasteiger partial charge in [0.2, 0.25) is 5.95 Å². The Labute approximate surface area is 174 Å². The van der Waals surface area contributed by atoms with Crippen molar-refractivity contribution in [3.05, 3.63) is 59.8 Å². The second-order valence-corrected chi connectivity index (χ2v) is 6.80. The highest BCUT2D eigenvalue weighted by Gasteiger charge is 2.20. The van der Waals surface area contributed by atoms with Crippen LogP contribution >= 0.6 is 0 Å². The number of hydrogen-bond acceptors (Lipinski definition) is 9. The molecule has 0 atom stereocenters. The van der Waals surface area contributed by atoms with Gasteiger partial charge in [0.1, 0.15) is 11.4 Å². The van der Waals surface area contributed by atoms with E-state index in [1.165, 1.54) is 0 Å². The molecule has 0 aromatic carbocycles. The molecule has 0 spiro atoms. The monoisotopic (exact) mass is 402 g/mol. The van der Waals surface area contributed by atoms with E-state index >= 15 is 0 Å². The first-order chi connectivity index (χ1) is 14.7. The molecule has 0 aliphatic rings. The summed E-state index contributed by atoms with van der Waals surface area (Å²) < 4.78 is 5.62. The number of aromatic nitrogens is 7. The second-order valence-electron chi connectivity index (χ2n) is 6.80. The topological polar surface area (TPSA) is 115 Å². The standard InChI is InChI=1S/C21H22N8O/c1-4-16-14(3)29-30-20(16)17-11-27-21(24-6-5-15-10-22-7-8-23-15)28-19(17)18-12-25-13(2)9-26-18/h7-12H,4-6H2,1-3H3,(H,24,27,28). The summed E-state index contributed by atoms with van der Waals surface area (Å²) in [5.74, 6) is 1.16. The van der Waals surface area contributed by atoms with Gasteiger partial charge in [-0.25, -0.2) is 9.97 Å². The summed E-state index contributed by atoms with van der Waals surface area (Å²) in [5, 5.41) is 7.37. The van der Waals surface area contributed by atoms with Gasteiger partial charge in [-0.15, -0.1) is 0 Å². The quantitative estimate of drug-likeness (QED) is 0.497. The van der Waals surface area contributed by atoms with Gasteiger partial charge in [-0.3, -0.25) is 19.9 Å². The van der Waals surface area contributed by atoms with Gasteiger partial charge in [0.05, 0.1) is 28.8 Å². The molecule has 1 N–H and O–H groups in total. The lowest BCUT2D eigenvalue weighted by Gasteiger charge is -2.10. The average Bonchev–Trinajstić information content (AvgIpc) is 3.15. The zero-order chi connectivity index (χ0) is 20.9. The van der Waals surface area contributed by atoms with Crippen LogP contribution in [0.2, 0.25) is 0 Å². The molecule has 0 aliphatic heterocycles. The summed E-state index contributed by atoms with van der Waals surface area (Å²) in [5.41, 5.74) is 5.65. The molecule has 9 heteroatoms. The molecular formula is C21H22N8O. The van der Waals surface area contributed by atoms with Crippen LogP contribution in [0.1, 0.15) is 29.6 Å². The third-order valence-electron chi connectivity index (χ3n) is 4.68. The largest absolute Gasteiger partial charge is 0.356 e. The highest BCUT2D eigenvalue weighted by atomic mass is 16.5. The summed E-state index contributed by atoms with van der Waals surface area (Å²) in [6, 6.07) is 0. The van der Waals surface area contributed by atoms with Crippen LogP contribution in [0.4, 0.5) is 5.95 Å². The second kappa shape index (κ2) is 8.73. The summed E-state index contributed by atoms with van der Waals surface area (Å²) in [6.07, 6.45) is 11.8. The van der Waals surface area contributed by atoms with Crippen molar-refractivity contribution < 1.29 is 4.52 Å². The molecule has 4 rings (SSSR count). The number of hydrogen-bond donors (Lipinski definition) is 1. The number of nitrogens with one attached hydrogen (secondary N) is 1. The van der Waals surface area contributed by atoms with E-state index < -0.39 is 0 Å². The Morgan fingerprint density at radius 3 is 2.60 bits per heavy atom. The molecular weight excluding hydrogens is 380 g/mol. The molecule has 4 aromatic rings. The van der Waals surface area contributed by atoms with Gasteiger partial charge < -0.3 is 9.84 Å². The molecule has 0 fully saturated rings. The SMILES string of the molecule is CCc1c(C)noc1-c1cnc(NCCc2cnccn2)nc1-c1cnc(C)cn1. The first kappa shape index (κ1) is 19.6. The fourth-order valence-electron chi connectivity index (χ4n) is 3.12. The van der Waals surface area contributed by atoms with E-state index in [4.69, 9.17) is 9.51 Å². The third kappa shape index (κ3) is 4.14. The van der Waals surface area contributed by atoms with Crippen LogP contribution in [0.15, 0.2) is 41.7 Å². The summed E-state index contributed by atoms with van der Waals surface area (Å²) in [4.78, 5) is 26.4. The molecule has 0 radical (unpaired) electrons. The summed E-state index contributed by atoms with van der Waals surface area (Å²) in [6.45, 7) is 6.52. The predicted octanol–water partition coefficient (Wildman–Crippen LogP) is 3.21. The van der Waals surface area contributed by atoms with Crippen LogP contribution in [0.25, 0.3) is 22.7 Å². The molecule has 0 unspecified atom stereocenters. The molecule has 0 amide bonds. The molecule has 152 valence electrons. The number of rotatable bonds is 7. The van der Waals surface area contributed by atoms with Gasteiger partial charge in [0.25, 0.3) is 0 Å². The predicted molar refractivity (Wildman–Crippen MR) is 112 cm³/mol. The number of anilines is 1. The van der Waals surface area contributed by atoms with Crippen LogP contribution in [0.3, 0.4) is 0 Å². The van der Waals surface area contributed by atoms with E-state index in [2.05, 4.69) is 42.3 Å². The molecule has 4 aromatic heterocycles. The Hall–Kier alpha value is -3.75. The van der Waals surface area contributed by atoms with E-state index in [1.807, 2.05) is 13.8 Å². The van der Waals surface area contributed by atoms with Crippen molar-refractivity contribution in [2.75, 3.05) is 11.9 Å². The minimum atomic E-state index is 0.495. The lowest BCUT2D eigenvalue weighted by Crippen LogP contribution is -2.10. The Morgan fingerprint density at radius 1 is 0.967 bits per heavy atom. The van der Waals surface area contributed by atoms with Crippen molar-refractivity contribution in [2.24, 2.45) is 0 Å². The van der Waals surface area contributed by atoms with Gasteiger partial charge in [0, 0.05) is 49.5 Å². The van der Waals surface area contributed by atoms with Crippen molar-refractivity contribution >= 4 is 5.95 Å². The fourth-order valence-corrected chi connectivity index (χ4v) is 3.12. The lowest BCUT2D eigenvalue weighted by molar-refractivity contribution is 0.426. The van der Waals surface area contributed by atoms with Gasteiger partial charge in [-0.2, -0.15) is 0 Å². The van der Waals surface area contributed by atoms with E-state index in [0.717, 1.165) is 34.6 Å². The van der Waals surface area contributed by atoms with E-state index in [9.17, 15) is 0 Å². The normalized spacial score (nSPS) is 10.9. The number of nitrogens with zero attached hydrogens (tertiary/aromatic N) is 7. The van der Waals surface area contributed by atoms with Crippen molar-refractivity contribution in [3.8, 4) is 22.7 Å². The van der Waals surface area contributed by atoms with Crippen molar-refractivity contribution in [2.45, 2.75) is 33.6 Å². The van der Waals surface area contributed by atoms with Crippen molar-refractivity contribution in [3.63, 3.8) is 0 Å². The van der Waals surface area contributed by atoms with E-state index in [1.54, 1.807) is 37.2 Å². The lowest BCUT2D eigenvalue weighted by atomic mass is 10.0. The maximum atomic E-state index is 5.62. The molecule has 0 bridgehead atoms. The fraction of sp³-hybridized carbons (Fsp3) is 0.286. The Balaban J connectivity index is 1.67. The number of aryl methyl sites for hydroxylation is 2. The molecule has 30 heavy (non-hydrogen) atoms. The molecule has 0 saturated carbocycles. The molecule has 9 nitrogen and oxygen atoms in total. The zero-order valence-corrected chi connectivity index (χ0v) is 17.1. The average molecular weight is 402 g/mol. The van der Waals surface area contributed by atoms with Crippen molar-refractivity contribution in [1.29, 1.82) is 0 Å². The smallest absolute Gasteiger partial charge is 0.223 e. The van der Waals surface area contributed by atoms with Crippen LogP contribution in [0, 0.1) is 13.8 Å². The summed E-state index contributed by atoms with van der Waals surface area (Å²) >= 11 is 0. The van der Waals surface area contributed by atoms with Crippen LogP contribution in [-0.4, -0.2) is 41.6 Å². The van der Waals surface area contributed by atoms with Crippen LogP contribution in [0.5, 0.6) is 0 Å². The van der Waals surface area contributed by atoms with Crippen LogP contribution < -0.4 is 5.32 Å². The Bertz CT molecular complexity index is 1130. The van der Waals surface area contributed by atoms with Crippen molar-refractivity contribution in [1.82, 2.24) is 35.1 Å². The molecule has 0 saturated heterocycles. The summed E-state index contributed by atoms with van der Waals surface area (Å²) in [7, 11) is 0.